The molecular weight excluding hydrogens is 236 g/mol. The molecule has 2 unspecified atom stereocenters. The molecule has 0 aliphatic rings. The molecule has 0 aliphatic carbocycles. The Kier molecular flexibility index (Phi) is 8.41. The van der Waals surface area contributed by atoms with Gasteiger partial charge in [0.1, 0.15) is 0 Å². The van der Waals surface area contributed by atoms with Gasteiger partial charge in [-0.1, -0.05) is 0 Å². The summed E-state index contributed by atoms with van der Waals surface area (Å²) in [6.07, 6.45) is 4.89. The highest BCUT2D eigenvalue weighted by molar-refractivity contribution is 5.74. The van der Waals surface area contributed by atoms with E-state index in [4.69, 9.17) is 16.3 Å². The maximum atomic E-state index is 11.4. The largest absolute Gasteiger partial charge is 0.481 e. The Morgan fingerprint density at radius 3 is 2.67 bits per heavy atom. The Hall–Kier alpha value is -1.74. The minimum atomic E-state index is -0.962. The standard InChI is InChI=1S/C12H20N2O4/c1-4-6-9(3)14-12(17)13-8-10(18-5-2)7-11(15)16/h1,9-10H,5-8H2,2-3H3,(H,15,16)(H2,13,14,17). The predicted octanol–water partition coefficient (Wildman–Crippen LogP) is 0.577. The third kappa shape index (κ3) is 8.42. The lowest BCUT2D eigenvalue weighted by molar-refractivity contribution is -0.140. The number of carbonyl (C=O) groups is 2. The fourth-order valence-corrected chi connectivity index (χ4v) is 1.33. The Morgan fingerprint density at radius 1 is 1.50 bits per heavy atom. The first-order valence-electron chi connectivity index (χ1n) is 5.80. The first kappa shape index (κ1) is 16.3. The van der Waals surface area contributed by atoms with Crippen molar-refractivity contribution in [3.63, 3.8) is 0 Å². The highest BCUT2D eigenvalue weighted by atomic mass is 16.5. The lowest BCUT2D eigenvalue weighted by Crippen LogP contribution is -2.44. The quantitative estimate of drug-likeness (QED) is 0.554. The van der Waals surface area contributed by atoms with Gasteiger partial charge in [-0.2, -0.15) is 0 Å². The average molecular weight is 256 g/mol. The molecule has 6 nitrogen and oxygen atoms in total. The van der Waals surface area contributed by atoms with Crippen molar-refractivity contribution in [3.8, 4) is 12.3 Å². The lowest BCUT2D eigenvalue weighted by Gasteiger charge is -2.17. The molecule has 0 aromatic carbocycles. The van der Waals surface area contributed by atoms with E-state index >= 15 is 0 Å². The minimum Gasteiger partial charge on any atom is -0.481 e. The monoisotopic (exact) mass is 256 g/mol. The smallest absolute Gasteiger partial charge is 0.315 e. The van der Waals surface area contributed by atoms with E-state index in [0.717, 1.165) is 0 Å². The van der Waals surface area contributed by atoms with E-state index in [9.17, 15) is 9.59 Å². The van der Waals surface area contributed by atoms with Crippen LogP contribution in [0, 0.1) is 12.3 Å². The van der Waals surface area contributed by atoms with Gasteiger partial charge in [0.25, 0.3) is 0 Å². The van der Waals surface area contributed by atoms with Gasteiger partial charge in [-0.15, -0.1) is 12.3 Å². The highest BCUT2D eigenvalue weighted by Crippen LogP contribution is 1.97. The van der Waals surface area contributed by atoms with Crippen LogP contribution in [-0.2, 0) is 9.53 Å². The molecule has 0 radical (unpaired) electrons. The molecule has 0 aromatic rings. The molecule has 18 heavy (non-hydrogen) atoms. The van der Waals surface area contributed by atoms with Crippen LogP contribution in [0.1, 0.15) is 26.7 Å². The number of carbonyl (C=O) groups excluding carboxylic acids is 1. The van der Waals surface area contributed by atoms with E-state index in [1.807, 2.05) is 0 Å². The molecule has 0 saturated carbocycles. The summed E-state index contributed by atoms with van der Waals surface area (Å²) in [6.45, 7) is 4.10. The zero-order valence-electron chi connectivity index (χ0n) is 10.7. The van der Waals surface area contributed by atoms with Gasteiger partial charge in [0.15, 0.2) is 0 Å². The molecule has 6 heteroatoms. The highest BCUT2D eigenvalue weighted by Gasteiger charge is 2.14. The third-order valence-electron chi connectivity index (χ3n) is 2.10. The van der Waals surface area contributed by atoms with Gasteiger partial charge in [0.2, 0.25) is 0 Å². The zero-order valence-corrected chi connectivity index (χ0v) is 10.7. The van der Waals surface area contributed by atoms with Gasteiger partial charge >= 0.3 is 12.0 Å². The van der Waals surface area contributed by atoms with Crippen LogP contribution in [0.15, 0.2) is 0 Å². The van der Waals surface area contributed by atoms with Gasteiger partial charge in [0, 0.05) is 25.6 Å². The normalized spacial score (nSPS) is 13.2. The molecule has 0 aliphatic heterocycles. The van der Waals surface area contributed by atoms with Gasteiger partial charge in [-0.3, -0.25) is 4.79 Å². The van der Waals surface area contributed by atoms with Crippen LogP contribution in [0.3, 0.4) is 0 Å². The third-order valence-corrected chi connectivity index (χ3v) is 2.10. The van der Waals surface area contributed by atoms with Crippen molar-refractivity contribution in [1.82, 2.24) is 10.6 Å². The van der Waals surface area contributed by atoms with Crippen LogP contribution in [0.25, 0.3) is 0 Å². The first-order valence-corrected chi connectivity index (χ1v) is 5.80. The van der Waals surface area contributed by atoms with E-state index in [-0.39, 0.29) is 25.0 Å². The van der Waals surface area contributed by atoms with Gasteiger partial charge < -0.3 is 20.5 Å². The van der Waals surface area contributed by atoms with Crippen LogP contribution < -0.4 is 10.6 Å². The molecule has 0 aromatic heterocycles. The van der Waals surface area contributed by atoms with E-state index in [1.54, 1.807) is 13.8 Å². The lowest BCUT2D eigenvalue weighted by atomic mass is 10.2. The van der Waals surface area contributed by atoms with E-state index < -0.39 is 12.1 Å². The number of hydrogen-bond acceptors (Lipinski definition) is 3. The number of hydrogen-bond donors (Lipinski definition) is 3. The molecule has 102 valence electrons. The van der Waals surface area contributed by atoms with E-state index in [2.05, 4.69) is 16.6 Å². The Bertz CT molecular complexity index is 312. The second-order valence-corrected chi connectivity index (χ2v) is 3.84. The molecular formula is C12H20N2O4. The first-order chi connectivity index (χ1) is 8.49. The zero-order chi connectivity index (χ0) is 14.0. The molecule has 0 rings (SSSR count). The number of terminal acetylenes is 1. The average Bonchev–Trinajstić information content (AvgIpc) is 2.25. The molecule has 0 bridgehead atoms. The van der Waals surface area contributed by atoms with E-state index in [0.29, 0.717) is 13.0 Å². The number of ether oxygens (including phenoxy) is 1. The SMILES string of the molecule is C#CCC(C)NC(=O)NCC(CC(=O)O)OCC. The Labute approximate surface area is 107 Å². The summed E-state index contributed by atoms with van der Waals surface area (Å²) < 4.78 is 5.20. The molecule has 2 amide bonds. The number of urea groups is 1. The summed E-state index contributed by atoms with van der Waals surface area (Å²) >= 11 is 0. The number of nitrogens with one attached hydrogen (secondary N) is 2. The van der Waals surface area contributed by atoms with Crippen molar-refractivity contribution in [2.75, 3.05) is 13.2 Å². The van der Waals surface area contributed by atoms with Crippen LogP contribution in [0.5, 0.6) is 0 Å². The van der Waals surface area contributed by atoms with Gasteiger partial charge in [-0.25, -0.2) is 4.79 Å². The maximum Gasteiger partial charge on any atom is 0.315 e. The number of aliphatic carboxylic acids is 1. The van der Waals surface area contributed by atoms with Crippen molar-refractivity contribution < 1.29 is 19.4 Å². The molecule has 0 spiro atoms. The maximum absolute atomic E-state index is 11.4. The number of amides is 2. The van der Waals surface area contributed by atoms with Crippen molar-refractivity contribution in [2.24, 2.45) is 0 Å². The minimum absolute atomic E-state index is 0.125. The molecule has 2 atom stereocenters. The summed E-state index contributed by atoms with van der Waals surface area (Å²) in [6, 6.07) is -0.507. The summed E-state index contributed by atoms with van der Waals surface area (Å²) in [4.78, 5) is 22.0. The van der Waals surface area contributed by atoms with Gasteiger partial charge in [-0.05, 0) is 13.8 Å². The Morgan fingerprint density at radius 2 is 2.17 bits per heavy atom. The summed E-state index contributed by atoms with van der Waals surface area (Å²) in [5, 5.41) is 13.9. The van der Waals surface area contributed by atoms with E-state index in [1.165, 1.54) is 0 Å². The summed E-state index contributed by atoms with van der Waals surface area (Å²) in [7, 11) is 0. The van der Waals surface area contributed by atoms with Crippen molar-refractivity contribution >= 4 is 12.0 Å². The van der Waals surface area contributed by atoms with Crippen LogP contribution >= 0.6 is 0 Å². The fourth-order valence-electron chi connectivity index (χ4n) is 1.33. The Balaban J connectivity index is 3.99. The number of carboxylic acids is 1. The number of carboxylic acid groups (broad SMARTS) is 1. The van der Waals surface area contributed by atoms with Crippen LogP contribution in [0.2, 0.25) is 0 Å². The fraction of sp³-hybridized carbons (Fsp3) is 0.667. The summed E-state index contributed by atoms with van der Waals surface area (Å²) in [5.41, 5.74) is 0. The van der Waals surface area contributed by atoms with Crippen molar-refractivity contribution in [2.45, 2.75) is 38.8 Å². The predicted molar refractivity (Wildman–Crippen MR) is 67.1 cm³/mol. The van der Waals surface area contributed by atoms with Gasteiger partial charge in [0.05, 0.1) is 12.5 Å². The van der Waals surface area contributed by atoms with Crippen LogP contribution in [-0.4, -0.2) is 42.4 Å². The topological polar surface area (TPSA) is 87.7 Å². The molecule has 0 heterocycles. The molecule has 3 N–H and O–H groups in total. The second-order valence-electron chi connectivity index (χ2n) is 3.84. The van der Waals surface area contributed by atoms with Crippen LogP contribution in [0.4, 0.5) is 4.79 Å². The summed E-state index contributed by atoms with van der Waals surface area (Å²) in [5.74, 6) is 1.48. The molecule has 0 saturated heterocycles. The second kappa shape index (κ2) is 9.31. The van der Waals surface area contributed by atoms with Crippen molar-refractivity contribution in [3.05, 3.63) is 0 Å². The molecule has 0 fully saturated rings. The number of rotatable bonds is 8. The van der Waals surface area contributed by atoms with Crippen molar-refractivity contribution in [1.29, 1.82) is 0 Å².